The van der Waals surface area contributed by atoms with Gasteiger partial charge in [-0.2, -0.15) is 0 Å². The first-order chi connectivity index (χ1) is 10.1. The fourth-order valence-corrected chi connectivity index (χ4v) is 1.85. The lowest BCUT2D eigenvalue weighted by atomic mass is 10.1. The summed E-state index contributed by atoms with van der Waals surface area (Å²) in [5.41, 5.74) is 1.15. The molecule has 0 spiro atoms. The maximum Gasteiger partial charge on any atom is 0.337 e. The average molecular weight is 285 g/mol. The average Bonchev–Trinajstić information content (AvgIpc) is 2.48. The number of hydrogen-bond donors (Lipinski definition) is 3. The zero-order valence-electron chi connectivity index (χ0n) is 11.4. The molecule has 108 valence electrons. The van der Waals surface area contributed by atoms with Crippen molar-refractivity contribution in [1.29, 1.82) is 0 Å². The molecule has 3 N–H and O–H groups in total. The van der Waals surface area contributed by atoms with Gasteiger partial charge in [-0.05, 0) is 30.7 Å². The number of carboxylic acids is 1. The van der Waals surface area contributed by atoms with E-state index in [1.165, 1.54) is 12.1 Å². The SMILES string of the molecule is CC(NC(=O)Nc1ccccc1C(=O)O)c1cccnc1. The molecular weight excluding hydrogens is 270 g/mol. The van der Waals surface area contributed by atoms with E-state index >= 15 is 0 Å². The van der Waals surface area contributed by atoms with Crippen molar-refractivity contribution >= 4 is 17.7 Å². The molecule has 0 aliphatic carbocycles. The number of carboxylic acid groups (broad SMARTS) is 1. The van der Waals surface area contributed by atoms with Crippen molar-refractivity contribution in [3.05, 3.63) is 59.9 Å². The van der Waals surface area contributed by atoms with Crippen molar-refractivity contribution < 1.29 is 14.7 Å². The van der Waals surface area contributed by atoms with E-state index in [9.17, 15) is 9.59 Å². The standard InChI is InChI=1S/C15H15N3O3/c1-10(11-5-4-8-16-9-11)17-15(21)18-13-7-3-2-6-12(13)14(19)20/h2-10H,1H3,(H,19,20)(H2,17,18,21). The monoisotopic (exact) mass is 285 g/mol. The number of carbonyl (C=O) groups is 2. The summed E-state index contributed by atoms with van der Waals surface area (Å²) in [5.74, 6) is -1.09. The molecule has 1 aromatic carbocycles. The van der Waals surface area contributed by atoms with Gasteiger partial charge in [0, 0.05) is 12.4 Å². The van der Waals surface area contributed by atoms with E-state index in [0.717, 1.165) is 5.56 Å². The topological polar surface area (TPSA) is 91.3 Å². The van der Waals surface area contributed by atoms with Crippen LogP contribution in [0.15, 0.2) is 48.8 Å². The van der Waals surface area contributed by atoms with Crippen LogP contribution in [0.3, 0.4) is 0 Å². The Hall–Kier alpha value is -2.89. The van der Waals surface area contributed by atoms with E-state index in [1.807, 2.05) is 13.0 Å². The summed E-state index contributed by atoms with van der Waals surface area (Å²) in [6.07, 6.45) is 3.32. The summed E-state index contributed by atoms with van der Waals surface area (Å²) in [4.78, 5) is 27.0. The molecule has 1 atom stereocenters. The van der Waals surface area contributed by atoms with Gasteiger partial charge in [0.1, 0.15) is 0 Å². The van der Waals surface area contributed by atoms with Gasteiger partial charge in [0.2, 0.25) is 0 Å². The molecule has 0 saturated heterocycles. The summed E-state index contributed by atoms with van der Waals surface area (Å²) in [5, 5.41) is 14.3. The van der Waals surface area contributed by atoms with Crippen molar-refractivity contribution in [1.82, 2.24) is 10.3 Å². The van der Waals surface area contributed by atoms with Gasteiger partial charge in [-0.1, -0.05) is 18.2 Å². The van der Waals surface area contributed by atoms with Crippen LogP contribution >= 0.6 is 0 Å². The molecule has 0 saturated carbocycles. The summed E-state index contributed by atoms with van der Waals surface area (Å²) < 4.78 is 0. The first-order valence-corrected chi connectivity index (χ1v) is 6.37. The minimum absolute atomic E-state index is 0.0432. The lowest BCUT2D eigenvalue weighted by molar-refractivity contribution is 0.0698. The number of amides is 2. The highest BCUT2D eigenvalue weighted by Gasteiger charge is 2.13. The van der Waals surface area contributed by atoms with Gasteiger partial charge in [-0.15, -0.1) is 0 Å². The first kappa shape index (κ1) is 14.5. The minimum atomic E-state index is -1.09. The number of pyridine rings is 1. The van der Waals surface area contributed by atoms with Gasteiger partial charge in [-0.3, -0.25) is 4.98 Å². The van der Waals surface area contributed by atoms with Crippen molar-refractivity contribution in [2.75, 3.05) is 5.32 Å². The van der Waals surface area contributed by atoms with Crippen molar-refractivity contribution in [2.24, 2.45) is 0 Å². The Morgan fingerprint density at radius 1 is 1.19 bits per heavy atom. The number of nitrogens with one attached hydrogen (secondary N) is 2. The van der Waals surface area contributed by atoms with E-state index in [2.05, 4.69) is 15.6 Å². The van der Waals surface area contributed by atoms with E-state index in [1.54, 1.807) is 30.6 Å². The number of carbonyl (C=O) groups excluding carboxylic acids is 1. The molecule has 0 bridgehead atoms. The lowest BCUT2D eigenvalue weighted by Crippen LogP contribution is -2.31. The van der Waals surface area contributed by atoms with Crippen LogP contribution in [0.2, 0.25) is 0 Å². The third-order valence-electron chi connectivity index (χ3n) is 2.94. The molecule has 2 aromatic rings. The zero-order valence-corrected chi connectivity index (χ0v) is 11.4. The quantitative estimate of drug-likeness (QED) is 0.805. The third-order valence-corrected chi connectivity index (χ3v) is 2.94. The maximum atomic E-state index is 11.9. The second kappa shape index (κ2) is 6.51. The number of rotatable bonds is 4. The Morgan fingerprint density at radius 2 is 1.95 bits per heavy atom. The summed E-state index contributed by atoms with van der Waals surface area (Å²) in [6, 6.07) is 9.15. The molecule has 6 nitrogen and oxygen atoms in total. The highest BCUT2D eigenvalue weighted by atomic mass is 16.4. The zero-order chi connectivity index (χ0) is 15.2. The van der Waals surface area contributed by atoms with Gasteiger partial charge in [0.15, 0.2) is 0 Å². The summed E-state index contributed by atoms with van der Waals surface area (Å²) >= 11 is 0. The molecular formula is C15H15N3O3. The van der Waals surface area contributed by atoms with Crippen LogP contribution in [0.4, 0.5) is 10.5 Å². The van der Waals surface area contributed by atoms with Crippen LogP contribution in [0.5, 0.6) is 0 Å². The number of urea groups is 1. The molecule has 1 unspecified atom stereocenters. The van der Waals surface area contributed by atoms with Crippen LogP contribution in [0.25, 0.3) is 0 Å². The highest BCUT2D eigenvalue weighted by molar-refractivity contribution is 6.00. The van der Waals surface area contributed by atoms with Crippen LogP contribution in [0.1, 0.15) is 28.9 Å². The molecule has 1 heterocycles. The van der Waals surface area contributed by atoms with E-state index in [4.69, 9.17) is 5.11 Å². The van der Waals surface area contributed by atoms with Gasteiger partial charge < -0.3 is 15.7 Å². The smallest absolute Gasteiger partial charge is 0.337 e. The third kappa shape index (κ3) is 3.79. The lowest BCUT2D eigenvalue weighted by Gasteiger charge is -2.15. The molecule has 0 aliphatic rings. The predicted octanol–water partition coefficient (Wildman–Crippen LogP) is 2.66. The van der Waals surface area contributed by atoms with E-state index < -0.39 is 12.0 Å². The van der Waals surface area contributed by atoms with Crippen LogP contribution in [0, 0.1) is 0 Å². The van der Waals surface area contributed by atoms with Gasteiger partial charge in [0.25, 0.3) is 0 Å². The largest absolute Gasteiger partial charge is 0.478 e. The first-order valence-electron chi connectivity index (χ1n) is 6.37. The Bertz CT molecular complexity index is 644. The molecule has 0 fully saturated rings. The number of aromatic carboxylic acids is 1. The van der Waals surface area contributed by atoms with Crippen LogP contribution < -0.4 is 10.6 Å². The van der Waals surface area contributed by atoms with Gasteiger partial charge in [0.05, 0.1) is 17.3 Å². The highest BCUT2D eigenvalue weighted by Crippen LogP contribution is 2.15. The minimum Gasteiger partial charge on any atom is -0.478 e. The van der Waals surface area contributed by atoms with Crippen LogP contribution in [-0.2, 0) is 0 Å². The number of benzene rings is 1. The molecule has 2 amide bonds. The molecule has 2 rings (SSSR count). The molecule has 1 aromatic heterocycles. The van der Waals surface area contributed by atoms with Gasteiger partial charge >= 0.3 is 12.0 Å². The van der Waals surface area contributed by atoms with Crippen molar-refractivity contribution in [3.63, 3.8) is 0 Å². The molecule has 21 heavy (non-hydrogen) atoms. The van der Waals surface area contributed by atoms with Crippen molar-refractivity contribution in [2.45, 2.75) is 13.0 Å². The number of aromatic nitrogens is 1. The van der Waals surface area contributed by atoms with E-state index in [0.29, 0.717) is 0 Å². The Kier molecular flexibility index (Phi) is 4.50. The fourth-order valence-electron chi connectivity index (χ4n) is 1.85. The normalized spacial score (nSPS) is 11.5. The number of hydrogen-bond acceptors (Lipinski definition) is 3. The number of anilines is 1. The fraction of sp³-hybridized carbons (Fsp3) is 0.133. The molecule has 6 heteroatoms. The molecule has 0 aliphatic heterocycles. The molecule has 0 radical (unpaired) electrons. The second-order valence-corrected chi connectivity index (χ2v) is 4.46. The van der Waals surface area contributed by atoms with E-state index in [-0.39, 0.29) is 17.3 Å². The number of nitrogens with zero attached hydrogens (tertiary/aromatic N) is 1. The predicted molar refractivity (Wildman–Crippen MR) is 78.2 cm³/mol. The number of para-hydroxylation sites is 1. The Labute approximate surface area is 121 Å². The van der Waals surface area contributed by atoms with Crippen LogP contribution in [-0.4, -0.2) is 22.1 Å². The second-order valence-electron chi connectivity index (χ2n) is 4.46. The Balaban J connectivity index is 2.04. The van der Waals surface area contributed by atoms with Crippen molar-refractivity contribution in [3.8, 4) is 0 Å². The Morgan fingerprint density at radius 3 is 2.62 bits per heavy atom. The van der Waals surface area contributed by atoms with Gasteiger partial charge in [-0.25, -0.2) is 9.59 Å². The summed E-state index contributed by atoms with van der Waals surface area (Å²) in [7, 11) is 0. The summed E-state index contributed by atoms with van der Waals surface area (Å²) in [6.45, 7) is 1.82. The maximum absolute atomic E-state index is 11.9.